The van der Waals surface area contributed by atoms with Crippen LogP contribution < -0.4 is 5.32 Å². The molecule has 0 spiro atoms. The Labute approximate surface area is 135 Å². The highest BCUT2D eigenvalue weighted by atomic mass is 16.5. The molecule has 0 radical (unpaired) electrons. The standard InChI is InChI=1S/C19H19NO3/c1-13-7-3-4-8-14(13)11-20-19(21)18-16(12-22-2)15-9-5-6-10-17(15)23-18/h3-10H,11-12H2,1-2H3,(H,20,21). The molecule has 0 bridgehead atoms. The van der Waals surface area contributed by atoms with E-state index in [-0.39, 0.29) is 5.91 Å². The van der Waals surface area contributed by atoms with Gasteiger partial charge in [0.25, 0.3) is 5.91 Å². The summed E-state index contributed by atoms with van der Waals surface area (Å²) in [7, 11) is 1.61. The second-order valence-electron chi connectivity index (χ2n) is 5.45. The van der Waals surface area contributed by atoms with Crippen LogP contribution in [0, 0.1) is 6.92 Å². The van der Waals surface area contributed by atoms with Gasteiger partial charge in [0.15, 0.2) is 5.76 Å². The van der Waals surface area contributed by atoms with E-state index in [1.165, 1.54) is 0 Å². The van der Waals surface area contributed by atoms with E-state index in [0.717, 1.165) is 22.1 Å². The minimum Gasteiger partial charge on any atom is -0.451 e. The van der Waals surface area contributed by atoms with Gasteiger partial charge in [0.05, 0.1) is 6.61 Å². The smallest absolute Gasteiger partial charge is 0.287 e. The molecule has 3 aromatic rings. The van der Waals surface area contributed by atoms with Crippen molar-refractivity contribution < 1.29 is 13.9 Å². The van der Waals surface area contributed by atoms with E-state index >= 15 is 0 Å². The molecule has 2 aromatic carbocycles. The first-order valence-electron chi connectivity index (χ1n) is 7.52. The Kier molecular flexibility index (Phi) is 4.44. The number of amides is 1. The van der Waals surface area contributed by atoms with E-state index < -0.39 is 0 Å². The van der Waals surface area contributed by atoms with Gasteiger partial charge in [-0.05, 0) is 24.1 Å². The van der Waals surface area contributed by atoms with E-state index in [1.54, 1.807) is 7.11 Å². The van der Waals surface area contributed by atoms with Crippen LogP contribution in [0.25, 0.3) is 11.0 Å². The molecule has 1 aromatic heterocycles. The Balaban J connectivity index is 1.86. The average molecular weight is 309 g/mol. The summed E-state index contributed by atoms with van der Waals surface area (Å²) in [6.45, 7) is 2.83. The van der Waals surface area contributed by atoms with Gasteiger partial charge in [0.2, 0.25) is 0 Å². The highest BCUT2D eigenvalue weighted by Crippen LogP contribution is 2.26. The molecule has 0 aliphatic heterocycles. The SMILES string of the molecule is COCc1c(C(=O)NCc2ccccc2C)oc2ccccc12. The number of carbonyl (C=O) groups is 1. The van der Waals surface area contributed by atoms with Crippen LogP contribution in [-0.2, 0) is 17.9 Å². The number of para-hydroxylation sites is 1. The summed E-state index contributed by atoms with van der Waals surface area (Å²) in [6.07, 6.45) is 0. The molecule has 4 nitrogen and oxygen atoms in total. The Morgan fingerprint density at radius 1 is 1.13 bits per heavy atom. The quantitative estimate of drug-likeness (QED) is 0.779. The van der Waals surface area contributed by atoms with Crippen LogP contribution in [0.4, 0.5) is 0 Å². The predicted octanol–water partition coefficient (Wildman–Crippen LogP) is 3.82. The van der Waals surface area contributed by atoms with Crippen LogP contribution in [0.3, 0.4) is 0 Å². The zero-order valence-electron chi connectivity index (χ0n) is 13.3. The number of fused-ring (bicyclic) bond motifs is 1. The van der Waals surface area contributed by atoms with Crippen LogP contribution in [0.1, 0.15) is 27.2 Å². The Bertz CT molecular complexity index is 836. The van der Waals surface area contributed by atoms with Gasteiger partial charge < -0.3 is 14.5 Å². The molecular weight excluding hydrogens is 290 g/mol. The number of hydrogen-bond donors (Lipinski definition) is 1. The minimum atomic E-state index is -0.225. The summed E-state index contributed by atoms with van der Waals surface area (Å²) in [5.41, 5.74) is 3.71. The van der Waals surface area contributed by atoms with Crippen molar-refractivity contribution in [2.75, 3.05) is 7.11 Å². The van der Waals surface area contributed by atoms with E-state index in [4.69, 9.17) is 9.15 Å². The molecule has 0 fully saturated rings. The normalized spacial score (nSPS) is 10.9. The molecule has 3 rings (SSSR count). The van der Waals surface area contributed by atoms with Crippen molar-refractivity contribution in [3.05, 3.63) is 71.0 Å². The van der Waals surface area contributed by atoms with Crippen LogP contribution in [0.5, 0.6) is 0 Å². The van der Waals surface area contributed by atoms with Crippen LogP contribution in [-0.4, -0.2) is 13.0 Å². The topological polar surface area (TPSA) is 51.5 Å². The van der Waals surface area contributed by atoms with Gasteiger partial charge in [-0.3, -0.25) is 4.79 Å². The third-order valence-electron chi connectivity index (χ3n) is 3.89. The number of benzene rings is 2. The first-order chi connectivity index (χ1) is 11.2. The van der Waals surface area contributed by atoms with Crippen molar-refractivity contribution in [3.63, 3.8) is 0 Å². The first kappa shape index (κ1) is 15.3. The maximum atomic E-state index is 12.5. The average Bonchev–Trinajstić information content (AvgIpc) is 2.93. The zero-order chi connectivity index (χ0) is 16.2. The van der Waals surface area contributed by atoms with Crippen LogP contribution in [0.15, 0.2) is 52.9 Å². The van der Waals surface area contributed by atoms with Gasteiger partial charge in [-0.1, -0.05) is 42.5 Å². The Morgan fingerprint density at radius 2 is 1.87 bits per heavy atom. The molecule has 0 unspecified atom stereocenters. The highest BCUT2D eigenvalue weighted by Gasteiger charge is 2.20. The number of nitrogens with one attached hydrogen (secondary N) is 1. The fraction of sp³-hybridized carbons (Fsp3) is 0.211. The number of ether oxygens (including phenoxy) is 1. The molecule has 0 aliphatic rings. The fourth-order valence-electron chi connectivity index (χ4n) is 2.63. The van der Waals surface area contributed by atoms with Crippen molar-refractivity contribution in [2.45, 2.75) is 20.1 Å². The van der Waals surface area contributed by atoms with E-state index in [9.17, 15) is 4.79 Å². The number of rotatable bonds is 5. The molecule has 1 heterocycles. The number of hydrogen-bond acceptors (Lipinski definition) is 3. The highest BCUT2D eigenvalue weighted by molar-refractivity contribution is 5.99. The number of furan rings is 1. The summed E-state index contributed by atoms with van der Waals surface area (Å²) in [5, 5.41) is 3.84. The molecule has 118 valence electrons. The van der Waals surface area contributed by atoms with Gasteiger partial charge in [-0.2, -0.15) is 0 Å². The van der Waals surface area contributed by atoms with Crippen molar-refractivity contribution in [1.29, 1.82) is 0 Å². The maximum Gasteiger partial charge on any atom is 0.287 e. The summed E-state index contributed by atoms with van der Waals surface area (Å²) in [5.74, 6) is 0.0955. The third-order valence-corrected chi connectivity index (χ3v) is 3.89. The lowest BCUT2D eigenvalue weighted by Crippen LogP contribution is -2.23. The van der Waals surface area contributed by atoms with Gasteiger partial charge in [-0.15, -0.1) is 0 Å². The van der Waals surface area contributed by atoms with E-state index in [2.05, 4.69) is 5.32 Å². The molecule has 1 amide bonds. The summed E-state index contributed by atoms with van der Waals surface area (Å²) >= 11 is 0. The lowest BCUT2D eigenvalue weighted by atomic mass is 10.1. The lowest BCUT2D eigenvalue weighted by molar-refractivity contribution is 0.0918. The maximum absolute atomic E-state index is 12.5. The number of carbonyl (C=O) groups excluding carboxylic acids is 1. The van der Waals surface area contributed by atoms with Crippen molar-refractivity contribution >= 4 is 16.9 Å². The van der Waals surface area contributed by atoms with Crippen LogP contribution >= 0.6 is 0 Å². The molecule has 0 aliphatic carbocycles. The molecule has 0 atom stereocenters. The van der Waals surface area contributed by atoms with Crippen molar-refractivity contribution in [1.82, 2.24) is 5.32 Å². The van der Waals surface area contributed by atoms with Crippen molar-refractivity contribution in [2.24, 2.45) is 0 Å². The van der Waals surface area contributed by atoms with Gasteiger partial charge in [-0.25, -0.2) is 0 Å². The predicted molar refractivity (Wildman–Crippen MR) is 89.3 cm³/mol. The van der Waals surface area contributed by atoms with E-state index in [0.29, 0.717) is 24.5 Å². The zero-order valence-corrected chi connectivity index (χ0v) is 13.3. The Hall–Kier alpha value is -2.59. The molecule has 23 heavy (non-hydrogen) atoms. The summed E-state index contributed by atoms with van der Waals surface area (Å²) < 4.78 is 11.0. The third kappa shape index (κ3) is 3.12. The minimum absolute atomic E-state index is 0.225. The van der Waals surface area contributed by atoms with E-state index in [1.807, 2.05) is 55.5 Å². The van der Waals surface area contributed by atoms with Gasteiger partial charge >= 0.3 is 0 Å². The van der Waals surface area contributed by atoms with Gasteiger partial charge in [0.1, 0.15) is 5.58 Å². The summed E-state index contributed by atoms with van der Waals surface area (Å²) in [4.78, 5) is 12.5. The molecule has 4 heteroatoms. The monoisotopic (exact) mass is 309 g/mol. The second kappa shape index (κ2) is 6.67. The Morgan fingerprint density at radius 3 is 2.65 bits per heavy atom. The molecule has 0 saturated carbocycles. The van der Waals surface area contributed by atoms with Crippen LogP contribution in [0.2, 0.25) is 0 Å². The first-order valence-corrected chi connectivity index (χ1v) is 7.52. The molecular formula is C19H19NO3. The number of aryl methyl sites for hydroxylation is 1. The number of methoxy groups -OCH3 is 1. The molecule has 0 saturated heterocycles. The largest absolute Gasteiger partial charge is 0.451 e. The lowest BCUT2D eigenvalue weighted by Gasteiger charge is -2.07. The molecule has 1 N–H and O–H groups in total. The van der Waals surface area contributed by atoms with Crippen molar-refractivity contribution in [3.8, 4) is 0 Å². The van der Waals surface area contributed by atoms with Gasteiger partial charge in [0, 0.05) is 24.6 Å². The summed E-state index contributed by atoms with van der Waals surface area (Å²) in [6, 6.07) is 15.6. The second-order valence-corrected chi connectivity index (χ2v) is 5.45. The fourth-order valence-corrected chi connectivity index (χ4v) is 2.63.